The van der Waals surface area contributed by atoms with Crippen molar-refractivity contribution >= 4 is 11.6 Å². The third-order valence-corrected chi connectivity index (χ3v) is 2.12. The lowest BCUT2D eigenvalue weighted by Gasteiger charge is -2.11. The maximum absolute atomic E-state index is 12.3. The summed E-state index contributed by atoms with van der Waals surface area (Å²) in [6.45, 7) is 1.71. The molecule has 0 unspecified atom stereocenters. The SMILES string of the molecule is CCc1cc(Cl)c(O)c(C(F)(F)F)c1. The lowest BCUT2D eigenvalue weighted by Crippen LogP contribution is -2.06. The van der Waals surface area contributed by atoms with Gasteiger partial charge in [0.25, 0.3) is 0 Å². The average molecular weight is 225 g/mol. The Morgan fingerprint density at radius 2 is 1.93 bits per heavy atom. The van der Waals surface area contributed by atoms with E-state index in [-0.39, 0.29) is 5.02 Å². The van der Waals surface area contributed by atoms with Gasteiger partial charge < -0.3 is 5.11 Å². The molecule has 1 rings (SSSR count). The Balaban J connectivity index is 3.35. The molecule has 1 N–H and O–H groups in total. The first-order valence-corrected chi connectivity index (χ1v) is 4.32. The van der Waals surface area contributed by atoms with Gasteiger partial charge in [0, 0.05) is 0 Å². The molecule has 0 fully saturated rings. The monoisotopic (exact) mass is 224 g/mol. The third kappa shape index (κ3) is 2.12. The first kappa shape index (κ1) is 11.2. The van der Waals surface area contributed by atoms with Crippen molar-refractivity contribution in [2.24, 2.45) is 0 Å². The maximum Gasteiger partial charge on any atom is 0.420 e. The molecule has 1 nitrogen and oxygen atoms in total. The molecule has 0 atom stereocenters. The van der Waals surface area contributed by atoms with Crippen molar-refractivity contribution in [2.75, 3.05) is 0 Å². The highest BCUT2D eigenvalue weighted by atomic mass is 35.5. The topological polar surface area (TPSA) is 20.2 Å². The Labute approximate surface area is 84.1 Å². The summed E-state index contributed by atoms with van der Waals surface area (Å²) in [6, 6.07) is 2.23. The van der Waals surface area contributed by atoms with Crippen LogP contribution in [0.15, 0.2) is 12.1 Å². The van der Waals surface area contributed by atoms with Gasteiger partial charge in [-0.1, -0.05) is 18.5 Å². The smallest absolute Gasteiger partial charge is 0.420 e. The minimum absolute atomic E-state index is 0.267. The fraction of sp³-hybridized carbons (Fsp3) is 0.333. The number of phenols is 1. The maximum atomic E-state index is 12.3. The molecule has 0 radical (unpaired) electrons. The van der Waals surface area contributed by atoms with Crippen LogP contribution >= 0.6 is 11.6 Å². The Bertz CT molecular complexity index is 347. The summed E-state index contributed by atoms with van der Waals surface area (Å²) in [5, 5.41) is 8.83. The number of alkyl halides is 3. The van der Waals surface area contributed by atoms with E-state index in [9.17, 15) is 13.2 Å². The van der Waals surface area contributed by atoms with Crippen molar-refractivity contribution < 1.29 is 18.3 Å². The van der Waals surface area contributed by atoms with Crippen molar-refractivity contribution in [2.45, 2.75) is 19.5 Å². The van der Waals surface area contributed by atoms with Crippen LogP contribution in [0.3, 0.4) is 0 Å². The lowest BCUT2D eigenvalue weighted by molar-refractivity contribution is -0.138. The van der Waals surface area contributed by atoms with Gasteiger partial charge in [0.1, 0.15) is 5.75 Å². The first-order valence-electron chi connectivity index (χ1n) is 3.94. The van der Waals surface area contributed by atoms with Crippen LogP contribution in [-0.4, -0.2) is 5.11 Å². The highest BCUT2D eigenvalue weighted by Crippen LogP contribution is 2.40. The van der Waals surface area contributed by atoms with Crippen LogP contribution in [0.4, 0.5) is 13.2 Å². The summed E-state index contributed by atoms with van der Waals surface area (Å²) in [5.41, 5.74) is -0.637. The van der Waals surface area contributed by atoms with Gasteiger partial charge in [-0.2, -0.15) is 13.2 Å². The van der Waals surface area contributed by atoms with E-state index in [1.807, 2.05) is 0 Å². The van der Waals surface area contributed by atoms with E-state index in [0.29, 0.717) is 12.0 Å². The normalized spacial score (nSPS) is 11.8. The second-order valence-corrected chi connectivity index (χ2v) is 3.23. The molecule has 0 amide bonds. The molecular formula is C9H8ClF3O. The van der Waals surface area contributed by atoms with Gasteiger partial charge in [0.05, 0.1) is 10.6 Å². The van der Waals surface area contributed by atoms with E-state index in [1.165, 1.54) is 6.07 Å². The van der Waals surface area contributed by atoms with Crippen LogP contribution < -0.4 is 0 Å². The standard InChI is InChI=1S/C9H8ClF3O/c1-2-5-3-6(9(11,12)13)8(14)7(10)4-5/h3-4,14H,2H2,1H3. The fourth-order valence-corrected chi connectivity index (χ4v) is 1.32. The van der Waals surface area contributed by atoms with Crippen molar-refractivity contribution in [3.05, 3.63) is 28.3 Å². The number of halogens is 4. The number of aromatic hydroxyl groups is 1. The zero-order chi connectivity index (χ0) is 10.9. The average Bonchev–Trinajstić information content (AvgIpc) is 2.07. The van der Waals surface area contributed by atoms with Crippen molar-refractivity contribution in [1.29, 1.82) is 0 Å². The summed E-state index contributed by atoms with van der Waals surface area (Å²) in [4.78, 5) is 0. The van der Waals surface area contributed by atoms with Crippen molar-refractivity contribution in [3.63, 3.8) is 0 Å². The van der Waals surface area contributed by atoms with E-state index >= 15 is 0 Å². The molecule has 0 saturated heterocycles. The molecule has 0 heterocycles. The molecule has 14 heavy (non-hydrogen) atoms. The highest BCUT2D eigenvalue weighted by Gasteiger charge is 2.35. The number of phenolic OH excluding ortho intramolecular Hbond substituents is 1. The zero-order valence-electron chi connectivity index (χ0n) is 7.32. The Morgan fingerprint density at radius 3 is 2.36 bits per heavy atom. The van der Waals surface area contributed by atoms with Gasteiger partial charge in [-0.05, 0) is 24.1 Å². The van der Waals surface area contributed by atoms with E-state index in [4.69, 9.17) is 16.7 Å². The van der Waals surface area contributed by atoms with Gasteiger partial charge in [-0.15, -0.1) is 0 Å². The lowest BCUT2D eigenvalue weighted by atomic mass is 10.1. The minimum atomic E-state index is -4.57. The van der Waals surface area contributed by atoms with E-state index in [0.717, 1.165) is 6.07 Å². The molecular weight excluding hydrogens is 217 g/mol. The van der Waals surface area contributed by atoms with Crippen LogP contribution in [0.1, 0.15) is 18.1 Å². The number of hydrogen-bond acceptors (Lipinski definition) is 1. The zero-order valence-corrected chi connectivity index (χ0v) is 8.08. The Hall–Kier alpha value is -0.900. The number of benzene rings is 1. The predicted molar refractivity (Wildman–Crippen MR) is 47.5 cm³/mol. The highest BCUT2D eigenvalue weighted by molar-refractivity contribution is 6.32. The van der Waals surface area contributed by atoms with E-state index < -0.39 is 17.5 Å². The summed E-state index contributed by atoms with van der Waals surface area (Å²) < 4.78 is 37.0. The van der Waals surface area contributed by atoms with Crippen LogP contribution in [0.25, 0.3) is 0 Å². The molecule has 1 aromatic rings. The van der Waals surface area contributed by atoms with Gasteiger partial charge in [-0.3, -0.25) is 0 Å². The molecule has 0 spiro atoms. The largest absolute Gasteiger partial charge is 0.506 e. The molecule has 0 aliphatic heterocycles. The van der Waals surface area contributed by atoms with E-state index in [2.05, 4.69) is 0 Å². The van der Waals surface area contributed by atoms with Crippen molar-refractivity contribution in [3.8, 4) is 5.75 Å². The second kappa shape index (κ2) is 3.69. The Kier molecular flexibility index (Phi) is 2.95. The minimum Gasteiger partial charge on any atom is -0.506 e. The van der Waals surface area contributed by atoms with Gasteiger partial charge >= 0.3 is 6.18 Å². The number of rotatable bonds is 1. The van der Waals surface area contributed by atoms with Crippen LogP contribution in [-0.2, 0) is 12.6 Å². The van der Waals surface area contributed by atoms with Crippen LogP contribution in [0, 0.1) is 0 Å². The third-order valence-electron chi connectivity index (χ3n) is 1.84. The molecule has 0 aliphatic rings. The predicted octanol–water partition coefficient (Wildman–Crippen LogP) is 3.63. The first-order chi connectivity index (χ1) is 6.36. The van der Waals surface area contributed by atoms with Gasteiger partial charge in [-0.25, -0.2) is 0 Å². The summed E-state index contributed by atoms with van der Waals surface area (Å²) in [7, 11) is 0. The van der Waals surface area contributed by atoms with E-state index in [1.54, 1.807) is 6.92 Å². The van der Waals surface area contributed by atoms with Crippen molar-refractivity contribution in [1.82, 2.24) is 0 Å². The summed E-state index contributed by atoms with van der Waals surface area (Å²) >= 11 is 5.45. The molecule has 5 heteroatoms. The molecule has 1 aromatic carbocycles. The van der Waals surface area contributed by atoms with Crippen LogP contribution in [0.5, 0.6) is 5.75 Å². The van der Waals surface area contributed by atoms with Gasteiger partial charge in [0.15, 0.2) is 0 Å². The molecule has 0 saturated carbocycles. The summed E-state index contributed by atoms with van der Waals surface area (Å²) in [5.74, 6) is -0.906. The quantitative estimate of drug-likeness (QED) is 0.772. The van der Waals surface area contributed by atoms with Crippen LogP contribution in [0.2, 0.25) is 5.02 Å². The molecule has 0 bridgehead atoms. The number of hydrogen-bond donors (Lipinski definition) is 1. The Morgan fingerprint density at radius 1 is 1.36 bits per heavy atom. The summed E-state index contributed by atoms with van der Waals surface area (Å²) in [6.07, 6.45) is -4.14. The fourth-order valence-electron chi connectivity index (χ4n) is 1.08. The molecule has 78 valence electrons. The van der Waals surface area contributed by atoms with Gasteiger partial charge in [0.2, 0.25) is 0 Å². The molecule has 0 aromatic heterocycles. The number of aryl methyl sites for hydroxylation is 1. The molecule has 0 aliphatic carbocycles. The second-order valence-electron chi connectivity index (χ2n) is 2.83.